The lowest BCUT2D eigenvalue weighted by Crippen LogP contribution is -2.44. The predicted octanol–water partition coefficient (Wildman–Crippen LogP) is 3.52. The molecule has 2 atom stereocenters. The van der Waals surface area contributed by atoms with Gasteiger partial charge in [-0.1, -0.05) is 20.8 Å². The SMILES string of the molecule is CCCNC(C)C1CCCN(CCCC(C)C)C1. The maximum Gasteiger partial charge on any atom is 0.00792 e. The number of nitrogens with one attached hydrogen (secondary N) is 1. The van der Waals surface area contributed by atoms with Gasteiger partial charge in [0.1, 0.15) is 0 Å². The summed E-state index contributed by atoms with van der Waals surface area (Å²) in [5, 5.41) is 3.67. The van der Waals surface area contributed by atoms with Crippen LogP contribution in [0.5, 0.6) is 0 Å². The van der Waals surface area contributed by atoms with E-state index < -0.39 is 0 Å². The van der Waals surface area contributed by atoms with Crippen LogP contribution in [0.1, 0.15) is 59.8 Å². The lowest BCUT2D eigenvalue weighted by atomic mass is 9.91. The summed E-state index contributed by atoms with van der Waals surface area (Å²) >= 11 is 0. The monoisotopic (exact) mass is 254 g/mol. The lowest BCUT2D eigenvalue weighted by Gasteiger charge is -2.36. The largest absolute Gasteiger partial charge is 0.314 e. The van der Waals surface area contributed by atoms with Crippen molar-refractivity contribution in [2.24, 2.45) is 11.8 Å². The highest BCUT2D eigenvalue weighted by atomic mass is 15.1. The van der Waals surface area contributed by atoms with Gasteiger partial charge in [0.15, 0.2) is 0 Å². The molecule has 1 saturated heterocycles. The second-order valence-electron chi connectivity index (χ2n) is 6.48. The molecule has 0 aromatic carbocycles. The van der Waals surface area contributed by atoms with Gasteiger partial charge in [0.2, 0.25) is 0 Å². The minimum atomic E-state index is 0.692. The molecule has 0 amide bonds. The molecule has 0 aliphatic carbocycles. The van der Waals surface area contributed by atoms with E-state index >= 15 is 0 Å². The molecule has 0 bridgehead atoms. The molecule has 2 unspecified atom stereocenters. The molecule has 0 aromatic heterocycles. The minimum absolute atomic E-state index is 0.692. The summed E-state index contributed by atoms with van der Waals surface area (Å²) < 4.78 is 0. The highest BCUT2D eigenvalue weighted by Crippen LogP contribution is 2.20. The smallest absolute Gasteiger partial charge is 0.00792 e. The fourth-order valence-corrected chi connectivity index (χ4v) is 2.96. The number of hydrogen-bond acceptors (Lipinski definition) is 2. The average molecular weight is 254 g/mol. The Kier molecular flexibility index (Phi) is 7.92. The Bertz CT molecular complexity index is 203. The highest BCUT2D eigenvalue weighted by molar-refractivity contribution is 4.80. The summed E-state index contributed by atoms with van der Waals surface area (Å²) in [5.41, 5.74) is 0. The van der Waals surface area contributed by atoms with E-state index in [9.17, 15) is 0 Å². The predicted molar refractivity (Wildman–Crippen MR) is 81.0 cm³/mol. The van der Waals surface area contributed by atoms with E-state index in [2.05, 4.69) is 37.9 Å². The molecule has 1 heterocycles. The van der Waals surface area contributed by atoms with Crippen molar-refractivity contribution < 1.29 is 0 Å². The van der Waals surface area contributed by atoms with Gasteiger partial charge < -0.3 is 10.2 Å². The maximum atomic E-state index is 3.67. The quantitative estimate of drug-likeness (QED) is 0.713. The molecular formula is C16H34N2. The first-order valence-corrected chi connectivity index (χ1v) is 8.09. The molecule has 108 valence electrons. The Morgan fingerprint density at radius 3 is 2.72 bits per heavy atom. The molecule has 2 nitrogen and oxygen atoms in total. The third kappa shape index (κ3) is 6.19. The molecule has 1 fully saturated rings. The number of nitrogens with zero attached hydrogens (tertiary/aromatic N) is 1. The van der Waals surface area contributed by atoms with Gasteiger partial charge in [-0.2, -0.15) is 0 Å². The molecule has 18 heavy (non-hydrogen) atoms. The molecule has 1 rings (SSSR count). The van der Waals surface area contributed by atoms with Crippen LogP contribution >= 0.6 is 0 Å². The number of rotatable bonds is 8. The van der Waals surface area contributed by atoms with Crippen LogP contribution in [0.15, 0.2) is 0 Å². The van der Waals surface area contributed by atoms with Crippen LogP contribution < -0.4 is 5.32 Å². The van der Waals surface area contributed by atoms with Crippen LogP contribution in [0.3, 0.4) is 0 Å². The van der Waals surface area contributed by atoms with Crippen LogP contribution in [0.25, 0.3) is 0 Å². The van der Waals surface area contributed by atoms with E-state index in [0.29, 0.717) is 6.04 Å². The maximum absolute atomic E-state index is 3.67. The van der Waals surface area contributed by atoms with Crippen LogP contribution in [0.2, 0.25) is 0 Å². The number of likely N-dealkylation sites (tertiary alicyclic amines) is 1. The fourth-order valence-electron chi connectivity index (χ4n) is 2.96. The molecule has 1 aliphatic heterocycles. The van der Waals surface area contributed by atoms with Crippen molar-refractivity contribution in [3.05, 3.63) is 0 Å². The zero-order valence-corrected chi connectivity index (χ0v) is 13.0. The van der Waals surface area contributed by atoms with E-state index in [1.807, 2.05) is 0 Å². The topological polar surface area (TPSA) is 15.3 Å². The molecule has 1 N–H and O–H groups in total. The van der Waals surface area contributed by atoms with Crippen molar-refractivity contribution in [1.82, 2.24) is 10.2 Å². The summed E-state index contributed by atoms with van der Waals surface area (Å²) in [5.74, 6) is 1.72. The lowest BCUT2D eigenvalue weighted by molar-refractivity contribution is 0.147. The van der Waals surface area contributed by atoms with Crippen molar-refractivity contribution in [2.45, 2.75) is 65.8 Å². The van der Waals surface area contributed by atoms with Crippen LogP contribution in [0.4, 0.5) is 0 Å². The third-order valence-corrected chi connectivity index (χ3v) is 4.22. The second-order valence-corrected chi connectivity index (χ2v) is 6.48. The van der Waals surface area contributed by atoms with E-state index in [1.165, 1.54) is 58.3 Å². The first-order valence-electron chi connectivity index (χ1n) is 8.09. The second kappa shape index (κ2) is 8.92. The summed E-state index contributed by atoms with van der Waals surface area (Å²) in [6.45, 7) is 14.4. The van der Waals surface area contributed by atoms with Crippen LogP contribution in [0, 0.1) is 11.8 Å². The summed E-state index contributed by atoms with van der Waals surface area (Å²) in [4.78, 5) is 2.70. The van der Waals surface area contributed by atoms with Crippen molar-refractivity contribution in [1.29, 1.82) is 0 Å². The number of piperidine rings is 1. The molecule has 0 radical (unpaired) electrons. The van der Waals surface area contributed by atoms with Gasteiger partial charge in [0.05, 0.1) is 0 Å². The Balaban J connectivity index is 2.22. The summed E-state index contributed by atoms with van der Waals surface area (Å²) in [7, 11) is 0. The van der Waals surface area contributed by atoms with E-state index in [1.54, 1.807) is 0 Å². The van der Waals surface area contributed by atoms with Gasteiger partial charge in [0.25, 0.3) is 0 Å². The zero-order valence-electron chi connectivity index (χ0n) is 13.0. The molecule has 2 heteroatoms. The normalized spacial score (nSPS) is 23.5. The molecule has 0 saturated carbocycles. The summed E-state index contributed by atoms with van der Waals surface area (Å²) in [6.07, 6.45) is 6.81. The van der Waals surface area contributed by atoms with E-state index in [0.717, 1.165) is 11.8 Å². The fraction of sp³-hybridized carbons (Fsp3) is 1.00. The van der Waals surface area contributed by atoms with Gasteiger partial charge in [-0.25, -0.2) is 0 Å². The Morgan fingerprint density at radius 1 is 1.28 bits per heavy atom. The van der Waals surface area contributed by atoms with Gasteiger partial charge in [-0.15, -0.1) is 0 Å². The summed E-state index contributed by atoms with van der Waals surface area (Å²) in [6, 6.07) is 0.692. The van der Waals surface area contributed by atoms with Gasteiger partial charge in [-0.05, 0) is 70.5 Å². The van der Waals surface area contributed by atoms with Gasteiger partial charge in [0, 0.05) is 12.6 Å². The molecular weight excluding hydrogens is 220 g/mol. The minimum Gasteiger partial charge on any atom is -0.314 e. The first-order chi connectivity index (χ1) is 8.63. The molecule has 0 spiro atoms. The van der Waals surface area contributed by atoms with Crippen molar-refractivity contribution >= 4 is 0 Å². The zero-order chi connectivity index (χ0) is 13.4. The van der Waals surface area contributed by atoms with Crippen molar-refractivity contribution in [3.8, 4) is 0 Å². The standard InChI is InChI=1S/C16H34N2/c1-5-10-17-15(4)16-9-7-12-18(13-16)11-6-8-14(2)3/h14-17H,5-13H2,1-4H3. The van der Waals surface area contributed by atoms with Gasteiger partial charge >= 0.3 is 0 Å². The first kappa shape index (κ1) is 16.0. The van der Waals surface area contributed by atoms with Crippen molar-refractivity contribution in [2.75, 3.05) is 26.2 Å². The Hall–Kier alpha value is -0.0800. The Morgan fingerprint density at radius 2 is 2.06 bits per heavy atom. The van der Waals surface area contributed by atoms with Crippen molar-refractivity contribution in [3.63, 3.8) is 0 Å². The third-order valence-electron chi connectivity index (χ3n) is 4.22. The molecule has 1 aliphatic rings. The Labute approximate surface area is 115 Å². The van der Waals surface area contributed by atoms with Gasteiger partial charge in [-0.3, -0.25) is 0 Å². The molecule has 0 aromatic rings. The number of hydrogen-bond donors (Lipinski definition) is 1. The highest BCUT2D eigenvalue weighted by Gasteiger charge is 2.23. The van der Waals surface area contributed by atoms with E-state index in [-0.39, 0.29) is 0 Å². The average Bonchev–Trinajstić information content (AvgIpc) is 2.36. The van der Waals surface area contributed by atoms with Crippen LogP contribution in [-0.2, 0) is 0 Å². The van der Waals surface area contributed by atoms with Crippen LogP contribution in [-0.4, -0.2) is 37.1 Å². The van der Waals surface area contributed by atoms with E-state index in [4.69, 9.17) is 0 Å².